The van der Waals surface area contributed by atoms with Crippen LogP contribution in [0, 0.1) is 0 Å². The fourth-order valence-corrected chi connectivity index (χ4v) is 2.65. The van der Waals surface area contributed by atoms with Gasteiger partial charge in [-0.25, -0.2) is 0 Å². The SMILES string of the molecule is C=CCCCCCCCCCCCCCCCC.COCC(F)(F)F. The zero-order chi connectivity index (χ0) is 19.2. The minimum absolute atomic E-state index is 1.01. The first kappa shape index (κ1) is 26.7. The van der Waals surface area contributed by atoms with Gasteiger partial charge in [-0.1, -0.05) is 96.5 Å². The van der Waals surface area contributed by atoms with Crippen LogP contribution in [-0.2, 0) is 4.74 Å². The highest BCUT2D eigenvalue weighted by Gasteiger charge is 2.26. The monoisotopic (exact) mass is 366 g/mol. The van der Waals surface area contributed by atoms with Crippen LogP contribution < -0.4 is 0 Å². The van der Waals surface area contributed by atoms with E-state index in [0.717, 1.165) is 7.11 Å². The number of unbranched alkanes of at least 4 members (excludes halogenated alkanes) is 14. The van der Waals surface area contributed by atoms with Crippen LogP contribution in [0.4, 0.5) is 13.2 Å². The van der Waals surface area contributed by atoms with Gasteiger partial charge in [0.15, 0.2) is 0 Å². The van der Waals surface area contributed by atoms with Crippen molar-refractivity contribution in [2.24, 2.45) is 0 Å². The van der Waals surface area contributed by atoms with E-state index in [1.54, 1.807) is 0 Å². The van der Waals surface area contributed by atoms with E-state index in [2.05, 4.69) is 18.2 Å². The Hall–Kier alpha value is -0.510. The summed E-state index contributed by atoms with van der Waals surface area (Å²) < 4.78 is 36.6. The second-order valence-electron chi connectivity index (χ2n) is 6.72. The van der Waals surface area contributed by atoms with Gasteiger partial charge in [0.1, 0.15) is 6.61 Å². The van der Waals surface area contributed by atoms with E-state index in [9.17, 15) is 13.2 Å². The quantitative estimate of drug-likeness (QED) is 0.197. The summed E-state index contributed by atoms with van der Waals surface area (Å²) in [5, 5.41) is 0. The zero-order valence-corrected chi connectivity index (χ0v) is 16.6. The molecule has 0 aliphatic rings. The summed E-state index contributed by atoms with van der Waals surface area (Å²) in [4.78, 5) is 0. The largest absolute Gasteiger partial charge is 0.411 e. The molecule has 1 nitrogen and oxygen atoms in total. The molecule has 25 heavy (non-hydrogen) atoms. The van der Waals surface area contributed by atoms with Crippen molar-refractivity contribution in [3.8, 4) is 0 Å². The molecule has 0 fully saturated rings. The molecule has 0 rings (SSSR count). The summed E-state index contributed by atoms with van der Waals surface area (Å²) in [5.74, 6) is 0. The van der Waals surface area contributed by atoms with E-state index in [1.165, 1.54) is 96.3 Å². The lowest BCUT2D eigenvalue weighted by atomic mass is 10.0. The Kier molecular flexibility index (Phi) is 23.0. The van der Waals surface area contributed by atoms with Crippen LogP contribution in [0.15, 0.2) is 12.7 Å². The van der Waals surface area contributed by atoms with Crippen LogP contribution in [0.3, 0.4) is 0 Å². The Morgan fingerprint density at radius 1 is 0.720 bits per heavy atom. The maximum absolute atomic E-state index is 10.9. The summed E-state index contributed by atoms with van der Waals surface area (Å²) in [6.45, 7) is 4.89. The number of hydrogen-bond donors (Lipinski definition) is 0. The van der Waals surface area contributed by atoms with Crippen LogP contribution in [0.5, 0.6) is 0 Å². The van der Waals surface area contributed by atoms with Crippen LogP contribution in [0.2, 0.25) is 0 Å². The van der Waals surface area contributed by atoms with Crippen molar-refractivity contribution in [2.45, 2.75) is 109 Å². The molecule has 0 radical (unpaired) electrons. The Morgan fingerprint density at radius 3 is 1.32 bits per heavy atom. The van der Waals surface area contributed by atoms with Crippen molar-refractivity contribution < 1.29 is 17.9 Å². The van der Waals surface area contributed by atoms with E-state index in [4.69, 9.17) is 0 Å². The predicted octanol–water partition coefficient (Wildman–Crippen LogP) is 8.24. The number of rotatable bonds is 16. The number of halogens is 3. The molecule has 0 bridgehead atoms. The Morgan fingerprint density at radius 2 is 1.08 bits per heavy atom. The van der Waals surface area contributed by atoms with Crippen molar-refractivity contribution in [3.05, 3.63) is 12.7 Å². The average Bonchev–Trinajstić information content (AvgIpc) is 2.55. The lowest BCUT2D eigenvalue weighted by Crippen LogP contribution is -2.14. The second kappa shape index (κ2) is 21.5. The van der Waals surface area contributed by atoms with Gasteiger partial charge >= 0.3 is 6.18 Å². The van der Waals surface area contributed by atoms with Crippen molar-refractivity contribution in [1.29, 1.82) is 0 Å². The van der Waals surface area contributed by atoms with Gasteiger partial charge in [0.2, 0.25) is 0 Å². The first-order valence-corrected chi connectivity index (χ1v) is 10.1. The molecule has 4 heteroatoms. The van der Waals surface area contributed by atoms with Crippen LogP contribution in [0.1, 0.15) is 103 Å². The topological polar surface area (TPSA) is 9.23 Å². The highest BCUT2D eigenvalue weighted by Crippen LogP contribution is 2.14. The van der Waals surface area contributed by atoms with E-state index >= 15 is 0 Å². The van der Waals surface area contributed by atoms with E-state index in [1.807, 2.05) is 6.08 Å². The molecule has 0 atom stereocenters. The summed E-state index contributed by atoms with van der Waals surface area (Å²) in [6, 6.07) is 0. The first-order chi connectivity index (χ1) is 12.0. The lowest BCUT2D eigenvalue weighted by Gasteiger charge is -2.02. The molecule has 0 saturated carbocycles. The maximum atomic E-state index is 10.9. The number of allylic oxidation sites excluding steroid dienone is 1. The average molecular weight is 367 g/mol. The highest BCUT2D eigenvalue weighted by molar-refractivity contribution is 4.65. The zero-order valence-electron chi connectivity index (χ0n) is 16.6. The van der Waals surface area contributed by atoms with Gasteiger partial charge in [0.25, 0.3) is 0 Å². The molecule has 0 aromatic rings. The molecule has 0 heterocycles. The summed E-state index contributed by atoms with van der Waals surface area (Å²) in [7, 11) is 1.01. The van der Waals surface area contributed by atoms with E-state index < -0.39 is 12.8 Å². The smallest absolute Gasteiger partial charge is 0.375 e. The van der Waals surface area contributed by atoms with E-state index in [-0.39, 0.29) is 0 Å². The van der Waals surface area contributed by atoms with Gasteiger partial charge < -0.3 is 4.74 Å². The fourth-order valence-electron chi connectivity index (χ4n) is 2.65. The molecule has 0 aromatic carbocycles. The second-order valence-corrected chi connectivity index (χ2v) is 6.72. The van der Waals surface area contributed by atoms with Gasteiger partial charge in [0.05, 0.1) is 0 Å². The minimum atomic E-state index is -4.17. The van der Waals surface area contributed by atoms with E-state index in [0.29, 0.717) is 0 Å². The molecule has 152 valence electrons. The third-order valence-electron chi connectivity index (χ3n) is 4.07. The third-order valence-corrected chi connectivity index (χ3v) is 4.07. The number of alkyl halides is 3. The molecule has 0 aliphatic heterocycles. The van der Waals surface area contributed by atoms with Crippen molar-refractivity contribution in [3.63, 3.8) is 0 Å². The highest BCUT2D eigenvalue weighted by atomic mass is 19.4. The standard InChI is InChI=1S/C18H36.C3H5F3O/c1-3-5-7-9-11-13-15-17-18-16-14-12-10-8-6-4-2;1-7-2-3(4,5)6/h3H,1,4-18H2,2H3;2H2,1H3. The van der Waals surface area contributed by atoms with Gasteiger partial charge in [-0.2, -0.15) is 13.2 Å². The molecule has 0 aliphatic carbocycles. The number of hydrogen-bond acceptors (Lipinski definition) is 1. The Balaban J connectivity index is 0. The lowest BCUT2D eigenvalue weighted by molar-refractivity contribution is -0.167. The van der Waals surface area contributed by atoms with Crippen molar-refractivity contribution in [2.75, 3.05) is 13.7 Å². The Bertz CT molecular complexity index is 252. The Labute approximate surface area is 154 Å². The van der Waals surface area contributed by atoms with Crippen LogP contribution >= 0.6 is 0 Å². The van der Waals surface area contributed by atoms with Gasteiger partial charge in [-0.05, 0) is 12.8 Å². The molecule has 0 amide bonds. The first-order valence-electron chi connectivity index (χ1n) is 10.1. The number of methoxy groups -OCH3 is 1. The normalized spacial score (nSPS) is 11.1. The van der Waals surface area contributed by atoms with Crippen LogP contribution in [-0.4, -0.2) is 19.9 Å². The molecule has 0 N–H and O–H groups in total. The molecular weight excluding hydrogens is 325 g/mol. The molecular formula is C21H41F3O. The van der Waals surface area contributed by atoms with Gasteiger partial charge in [0, 0.05) is 7.11 Å². The summed E-state index contributed by atoms with van der Waals surface area (Å²) in [6.07, 6.45) is 19.3. The summed E-state index contributed by atoms with van der Waals surface area (Å²) >= 11 is 0. The molecule has 0 spiro atoms. The maximum Gasteiger partial charge on any atom is 0.411 e. The molecule has 0 aromatic heterocycles. The molecule has 0 saturated heterocycles. The van der Waals surface area contributed by atoms with Gasteiger partial charge in [-0.15, -0.1) is 6.58 Å². The molecule has 0 unspecified atom stereocenters. The number of ether oxygens (including phenoxy) is 1. The van der Waals surface area contributed by atoms with Crippen molar-refractivity contribution >= 4 is 0 Å². The van der Waals surface area contributed by atoms with Crippen LogP contribution in [0.25, 0.3) is 0 Å². The van der Waals surface area contributed by atoms with Gasteiger partial charge in [-0.3, -0.25) is 0 Å². The van der Waals surface area contributed by atoms with Crippen molar-refractivity contribution in [1.82, 2.24) is 0 Å². The minimum Gasteiger partial charge on any atom is -0.375 e. The third kappa shape index (κ3) is 31.7. The fraction of sp³-hybridized carbons (Fsp3) is 0.905. The summed E-state index contributed by atoms with van der Waals surface area (Å²) in [5.41, 5.74) is 0. The predicted molar refractivity (Wildman–Crippen MR) is 103 cm³/mol.